The third-order valence-electron chi connectivity index (χ3n) is 3.65. The Morgan fingerprint density at radius 2 is 2.47 bits per heavy atom. The molecule has 1 aliphatic rings. The highest BCUT2D eigenvalue weighted by atomic mass is 15.2. The Bertz CT molecular complexity index is 319. The Morgan fingerprint density at radius 3 is 3.06 bits per heavy atom. The molecule has 2 unspecified atom stereocenters. The molecule has 0 bridgehead atoms. The van der Waals surface area contributed by atoms with Crippen molar-refractivity contribution in [2.45, 2.75) is 38.8 Å². The molecule has 2 rings (SSSR count). The molecule has 0 aromatic carbocycles. The lowest BCUT2D eigenvalue weighted by Gasteiger charge is -2.34. The zero-order valence-corrected chi connectivity index (χ0v) is 10.9. The van der Waals surface area contributed by atoms with E-state index in [9.17, 15) is 0 Å². The molecule has 3 heteroatoms. The molecule has 1 aromatic heterocycles. The first kappa shape index (κ1) is 12.5. The minimum atomic E-state index is 0.466. The highest BCUT2D eigenvalue weighted by Gasteiger charge is 2.26. The molecule has 0 aliphatic carbocycles. The fourth-order valence-corrected chi connectivity index (χ4v) is 2.69. The van der Waals surface area contributed by atoms with Crippen molar-refractivity contribution < 1.29 is 0 Å². The van der Waals surface area contributed by atoms with Gasteiger partial charge in [-0.3, -0.25) is 9.88 Å². The second kappa shape index (κ2) is 6.12. The van der Waals surface area contributed by atoms with Crippen LogP contribution in [0.5, 0.6) is 0 Å². The van der Waals surface area contributed by atoms with Crippen molar-refractivity contribution in [2.75, 3.05) is 19.6 Å². The van der Waals surface area contributed by atoms with Crippen LogP contribution in [0.4, 0.5) is 0 Å². The van der Waals surface area contributed by atoms with E-state index in [2.05, 4.69) is 35.1 Å². The van der Waals surface area contributed by atoms with Crippen molar-refractivity contribution in [2.24, 2.45) is 0 Å². The standard InChI is InChI=1S/C14H23N3/c1-3-9-17(14-6-8-16-11-14)12(2)13-5-4-7-15-10-13/h4-5,7,10,12,14,16H,3,6,8-9,11H2,1-2H3. The van der Waals surface area contributed by atoms with E-state index in [0.717, 1.165) is 13.1 Å². The van der Waals surface area contributed by atoms with Crippen molar-refractivity contribution in [1.82, 2.24) is 15.2 Å². The van der Waals surface area contributed by atoms with Gasteiger partial charge in [0.05, 0.1) is 0 Å². The molecule has 1 aliphatic heterocycles. The van der Waals surface area contributed by atoms with Gasteiger partial charge in [-0.05, 0) is 44.5 Å². The van der Waals surface area contributed by atoms with Crippen LogP contribution < -0.4 is 5.32 Å². The van der Waals surface area contributed by atoms with Gasteiger partial charge in [-0.2, -0.15) is 0 Å². The first-order valence-corrected chi connectivity index (χ1v) is 6.69. The van der Waals surface area contributed by atoms with Crippen LogP contribution in [0.25, 0.3) is 0 Å². The molecule has 2 atom stereocenters. The largest absolute Gasteiger partial charge is 0.315 e. The number of nitrogens with one attached hydrogen (secondary N) is 1. The third kappa shape index (κ3) is 3.05. The summed E-state index contributed by atoms with van der Waals surface area (Å²) in [6, 6.07) is 5.37. The van der Waals surface area contributed by atoms with Crippen molar-refractivity contribution in [3.63, 3.8) is 0 Å². The molecule has 1 saturated heterocycles. The van der Waals surface area contributed by atoms with E-state index in [1.54, 1.807) is 0 Å². The van der Waals surface area contributed by atoms with Crippen molar-refractivity contribution in [1.29, 1.82) is 0 Å². The SMILES string of the molecule is CCCN(C1CCNC1)C(C)c1cccnc1. The number of nitrogens with zero attached hydrogens (tertiary/aromatic N) is 2. The second-order valence-corrected chi connectivity index (χ2v) is 4.85. The summed E-state index contributed by atoms with van der Waals surface area (Å²) in [5, 5.41) is 3.46. The van der Waals surface area contributed by atoms with Crippen LogP contribution in [0.15, 0.2) is 24.5 Å². The predicted octanol–water partition coefficient (Wildman–Crippen LogP) is 2.22. The Labute approximate surface area is 104 Å². The van der Waals surface area contributed by atoms with Crippen molar-refractivity contribution >= 4 is 0 Å². The van der Waals surface area contributed by atoms with Gasteiger partial charge >= 0.3 is 0 Å². The molecular formula is C14H23N3. The van der Waals surface area contributed by atoms with Gasteiger partial charge in [0.25, 0.3) is 0 Å². The zero-order valence-electron chi connectivity index (χ0n) is 10.9. The number of hydrogen-bond donors (Lipinski definition) is 1. The zero-order chi connectivity index (χ0) is 12.1. The lowest BCUT2D eigenvalue weighted by atomic mass is 10.1. The Kier molecular flexibility index (Phi) is 4.51. The Morgan fingerprint density at radius 1 is 1.59 bits per heavy atom. The van der Waals surface area contributed by atoms with Crippen molar-refractivity contribution in [3.05, 3.63) is 30.1 Å². The van der Waals surface area contributed by atoms with E-state index in [1.165, 1.54) is 24.9 Å². The maximum atomic E-state index is 4.23. The minimum Gasteiger partial charge on any atom is -0.315 e. The molecular weight excluding hydrogens is 210 g/mol. The average molecular weight is 233 g/mol. The van der Waals surface area contributed by atoms with Gasteiger partial charge in [-0.1, -0.05) is 13.0 Å². The highest BCUT2D eigenvalue weighted by molar-refractivity contribution is 5.13. The average Bonchev–Trinajstić information content (AvgIpc) is 2.90. The summed E-state index contributed by atoms with van der Waals surface area (Å²) in [5.74, 6) is 0. The van der Waals surface area contributed by atoms with Crippen LogP contribution in [-0.4, -0.2) is 35.6 Å². The lowest BCUT2D eigenvalue weighted by Crippen LogP contribution is -2.39. The summed E-state index contributed by atoms with van der Waals surface area (Å²) in [7, 11) is 0. The molecule has 94 valence electrons. The Balaban J connectivity index is 2.09. The van der Waals surface area contributed by atoms with Crippen molar-refractivity contribution in [3.8, 4) is 0 Å². The molecule has 0 radical (unpaired) electrons. The van der Waals surface area contributed by atoms with Gasteiger partial charge in [-0.25, -0.2) is 0 Å². The summed E-state index contributed by atoms with van der Waals surface area (Å²) in [6.45, 7) is 8.01. The molecule has 1 aromatic rings. The number of pyridine rings is 1. The number of aromatic nitrogens is 1. The van der Waals surface area contributed by atoms with Crippen LogP contribution in [0.2, 0.25) is 0 Å². The summed E-state index contributed by atoms with van der Waals surface area (Å²) in [4.78, 5) is 6.85. The van der Waals surface area contributed by atoms with Gasteiger partial charge in [0, 0.05) is 31.0 Å². The number of rotatable bonds is 5. The molecule has 3 nitrogen and oxygen atoms in total. The molecule has 1 fully saturated rings. The van der Waals surface area contributed by atoms with Crippen LogP contribution in [-0.2, 0) is 0 Å². The summed E-state index contributed by atoms with van der Waals surface area (Å²) in [6.07, 6.45) is 6.32. The van der Waals surface area contributed by atoms with Gasteiger partial charge in [0.1, 0.15) is 0 Å². The van der Waals surface area contributed by atoms with E-state index in [0.29, 0.717) is 12.1 Å². The van der Waals surface area contributed by atoms with E-state index in [1.807, 2.05) is 18.5 Å². The molecule has 0 spiro atoms. The molecule has 1 N–H and O–H groups in total. The summed E-state index contributed by atoms with van der Waals surface area (Å²) >= 11 is 0. The van der Waals surface area contributed by atoms with E-state index < -0.39 is 0 Å². The summed E-state index contributed by atoms with van der Waals surface area (Å²) in [5.41, 5.74) is 1.33. The topological polar surface area (TPSA) is 28.2 Å². The number of hydrogen-bond acceptors (Lipinski definition) is 3. The normalized spacial score (nSPS) is 21.9. The maximum absolute atomic E-state index is 4.23. The van der Waals surface area contributed by atoms with Gasteiger partial charge in [-0.15, -0.1) is 0 Å². The lowest BCUT2D eigenvalue weighted by molar-refractivity contribution is 0.153. The van der Waals surface area contributed by atoms with Crippen LogP contribution in [0.1, 0.15) is 38.3 Å². The Hall–Kier alpha value is -0.930. The maximum Gasteiger partial charge on any atom is 0.0338 e. The molecule has 0 saturated carbocycles. The molecule has 2 heterocycles. The molecule has 17 heavy (non-hydrogen) atoms. The minimum absolute atomic E-state index is 0.466. The first-order valence-electron chi connectivity index (χ1n) is 6.69. The van der Waals surface area contributed by atoms with Gasteiger partial charge < -0.3 is 5.32 Å². The fourth-order valence-electron chi connectivity index (χ4n) is 2.69. The molecule has 0 amide bonds. The monoisotopic (exact) mass is 233 g/mol. The van der Waals surface area contributed by atoms with E-state index in [-0.39, 0.29) is 0 Å². The van der Waals surface area contributed by atoms with Gasteiger partial charge in [0.15, 0.2) is 0 Å². The highest BCUT2D eigenvalue weighted by Crippen LogP contribution is 2.24. The fraction of sp³-hybridized carbons (Fsp3) is 0.643. The van der Waals surface area contributed by atoms with E-state index in [4.69, 9.17) is 0 Å². The smallest absolute Gasteiger partial charge is 0.0338 e. The van der Waals surface area contributed by atoms with Crippen LogP contribution >= 0.6 is 0 Å². The predicted molar refractivity (Wildman–Crippen MR) is 70.9 cm³/mol. The third-order valence-corrected chi connectivity index (χ3v) is 3.65. The van der Waals surface area contributed by atoms with Crippen LogP contribution in [0.3, 0.4) is 0 Å². The summed E-state index contributed by atoms with van der Waals surface area (Å²) < 4.78 is 0. The van der Waals surface area contributed by atoms with Gasteiger partial charge in [0.2, 0.25) is 0 Å². The van der Waals surface area contributed by atoms with Crippen LogP contribution in [0, 0.1) is 0 Å². The first-order chi connectivity index (χ1) is 8.33. The van der Waals surface area contributed by atoms with E-state index >= 15 is 0 Å². The quantitative estimate of drug-likeness (QED) is 0.845. The second-order valence-electron chi connectivity index (χ2n) is 4.85.